The number of hydrogen-bond donors (Lipinski definition) is 1. The smallest absolute Gasteiger partial charge is 0.454 e. The molecule has 2 heterocycles. The highest BCUT2D eigenvalue weighted by atomic mass is 16.7. The van der Waals surface area contributed by atoms with Crippen LogP contribution in [0, 0.1) is 0 Å². The Hall–Kier alpha value is -3.76. The summed E-state index contributed by atoms with van der Waals surface area (Å²) in [5.41, 5.74) is 2.21. The second kappa shape index (κ2) is 12.0. The highest BCUT2D eigenvalue weighted by Gasteiger charge is 2.51. The van der Waals surface area contributed by atoms with Crippen LogP contribution < -0.4 is 9.47 Å². The zero-order valence-corrected chi connectivity index (χ0v) is 23.9. The van der Waals surface area contributed by atoms with Crippen molar-refractivity contribution in [2.24, 2.45) is 0 Å². The third-order valence-electron chi connectivity index (χ3n) is 7.22. The molecule has 2 aromatic carbocycles. The van der Waals surface area contributed by atoms with Gasteiger partial charge in [0.15, 0.2) is 23.7 Å². The van der Waals surface area contributed by atoms with Crippen LogP contribution in [-0.4, -0.2) is 66.1 Å². The van der Waals surface area contributed by atoms with Gasteiger partial charge in [-0.15, -0.1) is 0 Å². The normalized spacial score (nSPS) is 21.5. The quantitative estimate of drug-likeness (QED) is 0.448. The molecular formula is C31H37NO9. The molecule has 3 atom stereocenters. The molecule has 0 unspecified atom stereocenters. The van der Waals surface area contributed by atoms with Crippen molar-refractivity contribution in [3.05, 3.63) is 64.9 Å². The van der Waals surface area contributed by atoms with Gasteiger partial charge in [-0.25, -0.2) is 9.59 Å². The standard InChI is InChI=1S/C31H37NO9/c1-5-6-13-32-14-12-20-15-22-23(38-18-37-22)16-21(20)24-25(32)28(40-30(35)41-31(2,3)4)26(33)27(24)39-29(34)36-17-19-10-8-7-9-11-19/h7-11,15-16,25-26,28,33H,5-6,12-14,17-18H2,1-4H3/t25-,26-,28+/m1/s1. The van der Waals surface area contributed by atoms with E-state index in [-0.39, 0.29) is 19.2 Å². The van der Waals surface area contributed by atoms with Crippen molar-refractivity contribution in [2.45, 2.75) is 77.4 Å². The van der Waals surface area contributed by atoms with E-state index in [1.54, 1.807) is 20.8 Å². The summed E-state index contributed by atoms with van der Waals surface area (Å²) in [5.74, 6) is 1.16. The fraction of sp³-hybridized carbons (Fsp3) is 0.484. The molecule has 10 heteroatoms. The van der Waals surface area contributed by atoms with Crippen molar-refractivity contribution in [3.8, 4) is 11.5 Å². The van der Waals surface area contributed by atoms with Crippen LogP contribution in [-0.2, 0) is 32.0 Å². The molecule has 1 N–H and O–H groups in total. The highest BCUT2D eigenvalue weighted by Crippen LogP contribution is 2.47. The molecule has 0 saturated carbocycles. The number of benzene rings is 2. The summed E-state index contributed by atoms with van der Waals surface area (Å²) in [6, 6.07) is 12.4. The Labute approximate surface area is 239 Å². The van der Waals surface area contributed by atoms with Crippen molar-refractivity contribution < 1.29 is 43.1 Å². The molecule has 0 radical (unpaired) electrons. The Kier molecular flexibility index (Phi) is 8.42. The minimum Gasteiger partial charge on any atom is -0.454 e. The van der Waals surface area contributed by atoms with Gasteiger partial charge < -0.3 is 33.5 Å². The molecule has 1 aliphatic carbocycles. The van der Waals surface area contributed by atoms with E-state index in [1.807, 2.05) is 42.5 Å². The fourth-order valence-corrected chi connectivity index (χ4v) is 5.40. The summed E-state index contributed by atoms with van der Waals surface area (Å²) in [6.45, 7) is 8.70. The van der Waals surface area contributed by atoms with E-state index >= 15 is 0 Å². The number of nitrogens with zero attached hydrogens (tertiary/aromatic N) is 1. The van der Waals surface area contributed by atoms with E-state index in [2.05, 4.69) is 11.8 Å². The van der Waals surface area contributed by atoms with Gasteiger partial charge in [-0.2, -0.15) is 0 Å². The Morgan fingerprint density at radius 2 is 1.80 bits per heavy atom. The SMILES string of the molecule is CCCCN1CCc2cc3c(cc2C2=C(OC(=O)OCc4ccccc4)[C@@H](O)[C@@H](OC(=O)OC(C)(C)C)[C@@H]21)OCO3. The molecular weight excluding hydrogens is 530 g/mol. The lowest BCUT2D eigenvalue weighted by Crippen LogP contribution is -2.48. The summed E-state index contributed by atoms with van der Waals surface area (Å²) >= 11 is 0. The van der Waals surface area contributed by atoms with Crippen LogP contribution in [0.5, 0.6) is 11.5 Å². The average molecular weight is 568 g/mol. The van der Waals surface area contributed by atoms with Crippen LogP contribution in [0.4, 0.5) is 9.59 Å². The number of aliphatic hydroxyl groups excluding tert-OH is 1. The van der Waals surface area contributed by atoms with E-state index < -0.39 is 36.2 Å². The summed E-state index contributed by atoms with van der Waals surface area (Å²) in [5, 5.41) is 11.6. The van der Waals surface area contributed by atoms with E-state index in [4.69, 9.17) is 28.4 Å². The molecule has 2 aliphatic heterocycles. The topological polar surface area (TPSA) is 113 Å². The molecule has 5 rings (SSSR count). The van der Waals surface area contributed by atoms with Crippen LogP contribution in [0.15, 0.2) is 48.2 Å². The van der Waals surface area contributed by atoms with Crippen molar-refractivity contribution in [1.82, 2.24) is 4.90 Å². The van der Waals surface area contributed by atoms with Gasteiger partial charge in [0.05, 0.1) is 6.04 Å². The van der Waals surface area contributed by atoms with Crippen LogP contribution in [0.2, 0.25) is 0 Å². The lowest BCUT2D eigenvalue weighted by atomic mass is 9.94. The molecule has 2 aromatic rings. The third-order valence-corrected chi connectivity index (χ3v) is 7.22. The first-order chi connectivity index (χ1) is 19.6. The van der Waals surface area contributed by atoms with E-state index in [1.165, 1.54) is 0 Å². The minimum atomic E-state index is -1.45. The molecule has 0 aromatic heterocycles. The van der Waals surface area contributed by atoms with Gasteiger partial charge in [0, 0.05) is 12.1 Å². The monoisotopic (exact) mass is 567 g/mol. The van der Waals surface area contributed by atoms with E-state index in [0.29, 0.717) is 36.6 Å². The lowest BCUT2D eigenvalue weighted by molar-refractivity contribution is -0.0701. The van der Waals surface area contributed by atoms with Gasteiger partial charge in [-0.3, -0.25) is 4.90 Å². The van der Waals surface area contributed by atoms with E-state index in [0.717, 1.165) is 29.5 Å². The molecule has 220 valence electrons. The van der Waals surface area contributed by atoms with Crippen molar-refractivity contribution in [1.29, 1.82) is 0 Å². The van der Waals surface area contributed by atoms with Crippen molar-refractivity contribution >= 4 is 17.9 Å². The maximum atomic E-state index is 13.0. The molecule has 0 bridgehead atoms. The summed E-state index contributed by atoms with van der Waals surface area (Å²) in [6.07, 6.45) is -1.94. The number of rotatable bonds is 7. The van der Waals surface area contributed by atoms with Crippen molar-refractivity contribution in [2.75, 3.05) is 19.9 Å². The number of carbonyl (C=O) groups is 2. The van der Waals surface area contributed by atoms with Gasteiger partial charge in [0.25, 0.3) is 0 Å². The Morgan fingerprint density at radius 3 is 2.51 bits per heavy atom. The Balaban J connectivity index is 1.54. The van der Waals surface area contributed by atoms with E-state index in [9.17, 15) is 14.7 Å². The fourth-order valence-electron chi connectivity index (χ4n) is 5.40. The zero-order valence-electron chi connectivity index (χ0n) is 23.9. The predicted molar refractivity (Wildman–Crippen MR) is 148 cm³/mol. The summed E-state index contributed by atoms with van der Waals surface area (Å²) < 4.78 is 33.7. The number of fused-ring (bicyclic) bond motifs is 4. The van der Waals surface area contributed by atoms with Gasteiger partial charge in [0.2, 0.25) is 6.79 Å². The number of hydrogen-bond acceptors (Lipinski definition) is 10. The number of ether oxygens (including phenoxy) is 6. The maximum Gasteiger partial charge on any atom is 0.513 e. The molecule has 0 spiro atoms. The lowest BCUT2D eigenvalue weighted by Gasteiger charge is -2.33. The largest absolute Gasteiger partial charge is 0.513 e. The molecule has 0 saturated heterocycles. The Morgan fingerprint density at radius 1 is 1.07 bits per heavy atom. The Bertz CT molecular complexity index is 1300. The second-order valence-corrected chi connectivity index (χ2v) is 11.3. The molecule has 3 aliphatic rings. The van der Waals surface area contributed by atoms with Crippen LogP contribution in [0.25, 0.3) is 5.57 Å². The first-order valence-corrected chi connectivity index (χ1v) is 14.0. The second-order valence-electron chi connectivity index (χ2n) is 11.3. The van der Waals surface area contributed by atoms with Crippen LogP contribution >= 0.6 is 0 Å². The van der Waals surface area contributed by atoms with Crippen LogP contribution in [0.1, 0.15) is 57.2 Å². The van der Waals surface area contributed by atoms with Gasteiger partial charge >= 0.3 is 12.3 Å². The van der Waals surface area contributed by atoms with Gasteiger partial charge in [-0.1, -0.05) is 43.7 Å². The first-order valence-electron chi connectivity index (χ1n) is 14.0. The molecule has 41 heavy (non-hydrogen) atoms. The predicted octanol–water partition coefficient (Wildman–Crippen LogP) is 5.20. The number of unbranched alkanes of at least 4 members (excludes halogenated alkanes) is 1. The number of aliphatic hydroxyl groups is 1. The maximum absolute atomic E-state index is 13.0. The zero-order chi connectivity index (χ0) is 29.1. The van der Waals surface area contributed by atoms with Gasteiger partial charge in [0.1, 0.15) is 18.0 Å². The molecule has 0 amide bonds. The third kappa shape index (κ3) is 6.44. The molecule has 0 fully saturated rings. The van der Waals surface area contributed by atoms with Crippen molar-refractivity contribution in [3.63, 3.8) is 0 Å². The van der Waals surface area contributed by atoms with Crippen LogP contribution in [0.3, 0.4) is 0 Å². The van der Waals surface area contributed by atoms with Gasteiger partial charge in [-0.05, 0) is 69.0 Å². The summed E-state index contributed by atoms with van der Waals surface area (Å²) in [7, 11) is 0. The molecule has 10 nitrogen and oxygen atoms in total. The minimum absolute atomic E-state index is 0.00243. The number of carbonyl (C=O) groups excluding carboxylic acids is 2. The highest BCUT2D eigenvalue weighted by molar-refractivity contribution is 5.82. The average Bonchev–Trinajstić information content (AvgIpc) is 3.44. The summed E-state index contributed by atoms with van der Waals surface area (Å²) in [4.78, 5) is 28.0. The first kappa shape index (κ1) is 28.8.